The van der Waals surface area contributed by atoms with Gasteiger partial charge in [0.2, 0.25) is 0 Å². The van der Waals surface area contributed by atoms with Crippen LogP contribution in [0, 0.1) is 5.92 Å². The Morgan fingerprint density at radius 2 is 2.06 bits per heavy atom. The minimum atomic E-state index is -3.14. The van der Waals surface area contributed by atoms with Gasteiger partial charge in [-0.25, -0.2) is 8.42 Å². The Kier molecular flexibility index (Phi) is 4.32. The second-order valence-corrected chi connectivity index (χ2v) is 6.68. The number of methoxy groups -OCH3 is 1. The maximum atomic E-state index is 11.7. The van der Waals surface area contributed by atoms with Crippen molar-refractivity contribution in [2.24, 2.45) is 5.92 Å². The second-order valence-electron chi connectivity index (χ2n) is 4.11. The predicted octanol–water partition coefficient (Wildman–Crippen LogP) is 0.689. The molecule has 0 aromatic heterocycles. The van der Waals surface area contributed by atoms with Crippen molar-refractivity contribution < 1.29 is 23.1 Å². The van der Waals surface area contributed by atoms with Crippen LogP contribution in [0.2, 0.25) is 0 Å². The highest BCUT2D eigenvalue weighted by Gasteiger charge is 2.39. The Morgan fingerprint density at radius 1 is 1.44 bits per heavy atom. The lowest BCUT2D eigenvalue weighted by Gasteiger charge is -2.32. The Morgan fingerprint density at radius 3 is 2.50 bits per heavy atom. The van der Waals surface area contributed by atoms with Gasteiger partial charge in [0.05, 0.1) is 17.3 Å². The van der Waals surface area contributed by atoms with Gasteiger partial charge in [0.15, 0.2) is 9.84 Å². The number of carbonyl (C=O) groups is 1. The molecule has 0 saturated heterocycles. The Bertz CT molecular complexity index is 348. The molecule has 1 N–H and O–H groups in total. The fourth-order valence-electron chi connectivity index (χ4n) is 2.21. The summed E-state index contributed by atoms with van der Waals surface area (Å²) >= 11 is 0. The van der Waals surface area contributed by atoms with E-state index >= 15 is 0 Å². The van der Waals surface area contributed by atoms with Gasteiger partial charge in [0, 0.05) is 12.9 Å². The summed E-state index contributed by atoms with van der Waals surface area (Å²) in [5, 5.41) is 8.50. The zero-order valence-corrected chi connectivity index (χ0v) is 10.4. The molecule has 0 aliphatic heterocycles. The lowest BCUT2D eigenvalue weighted by atomic mass is 9.86. The summed E-state index contributed by atoms with van der Waals surface area (Å²) in [7, 11) is -1.67. The Balaban J connectivity index is 2.81. The van der Waals surface area contributed by atoms with Crippen molar-refractivity contribution in [1.29, 1.82) is 0 Å². The normalized spacial score (nSPS) is 31.2. The van der Waals surface area contributed by atoms with Crippen molar-refractivity contribution in [3.8, 4) is 0 Å². The van der Waals surface area contributed by atoms with Gasteiger partial charge in [0.1, 0.15) is 0 Å². The molecule has 0 radical (unpaired) electrons. The van der Waals surface area contributed by atoms with E-state index in [2.05, 4.69) is 0 Å². The summed E-state index contributed by atoms with van der Waals surface area (Å²) < 4.78 is 28.5. The lowest BCUT2D eigenvalue weighted by Crippen LogP contribution is -2.41. The van der Waals surface area contributed by atoms with Gasteiger partial charge in [-0.15, -0.1) is 0 Å². The number of sulfone groups is 1. The first-order valence-electron chi connectivity index (χ1n) is 5.39. The van der Waals surface area contributed by atoms with Crippen LogP contribution in [0.25, 0.3) is 0 Å². The molecular formula is C10H18O5S. The van der Waals surface area contributed by atoms with Crippen LogP contribution in [0.4, 0.5) is 0 Å². The molecule has 1 aliphatic rings. The first kappa shape index (κ1) is 13.4. The Labute approximate surface area is 95.7 Å². The molecule has 6 heteroatoms. The van der Waals surface area contributed by atoms with Crippen LogP contribution in [0.5, 0.6) is 0 Å². The number of hydrogen-bond acceptors (Lipinski definition) is 4. The number of carboxylic acid groups (broad SMARTS) is 1. The largest absolute Gasteiger partial charge is 0.481 e. The highest BCUT2D eigenvalue weighted by molar-refractivity contribution is 7.92. The monoisotopic (exact) mass is 250 g/mol. The molecule has 1 rings (SSSR count). The van der Waals surface area contributed by atoms with Gasteiger partial charge in [0.25, 0.3) is 0 Å². The quantitative estimate of drug-likeness (QED) is 0.794. The minimum Gasteiger partial charge on any atom is -0.481 e. The van der Waals surface area contributed by atoms with Crippen molar-refractivity contribution in [2.45, 2.75) is 37.5 Å². The zero-order valence-electron chi connectivity index (χ0n) is 9.55. The summed E-state index contributed by atoms with van der Waals surface area (Å²) in [6, 6.07) is 0. The van der Waals surface area contributed by atoms with Crippen molar-refractivity contribution in [1.82, 2.24) is 0 Å². The van der Waals surface area contributed by atoms with Crippen LogP contribution in [0.1, 0.15) is 26.2 Å². The molecule has 3 atom stereocenters. The van der Waals surface area contributed by atoms with Crippen molar-refractivity contribution in [3.05, 3.63) is 0 Å². The van der Waals surface area contributed by atoms with E-state index in [1.165, 1.54) is 7.11 Å². The number of rotatable bonds is 4. The molecule has 0 spiro atoms. The van der Waals surface area contributed by atoms with Crippen LogP contribution in [-0.2, 0) is 19.4 Å². The van der Waals surface area contributed by atoms with Gasteiger partial charge in [-0.3, -0.25) is 4.79 Å². The summed E-state index contributed by atoms with van der Waals surface area (Å²) in [6.45, 7) is 1.59. The molecule has 16 heavy (non-hydrogen) atoms. The molecule has 1 fully saturated rings. The molecule has 0 heterocycles. The van der Waals surface area contributed by atoms with E-state index in [1.807, 2.05) is 0 Å². The van der Waals surface area contributed by atoms with E-state index in [4.69, 9.17) is 9.84 Å². The smallest absolute Gasteiger partial charge is 0.309 e. The molecule has 3 unspecified atom stereocenters. The number of hydrogen-bond donors (Lipinski definition) is 1. The first-order valence-corrected chi connectivity index (χ1v) is 7.11. The molecular weight excluding hydrogens is 232 g/mol. The van der Waals surface area contributed by atoms with E-state index < -0.39 is 27.0 Å². The molecule has 94 valence electrons. The standard InChI is InChI=1S/C10H18O5S/c1-3-16(13,14)7-4-5-9(15-2)8(6-7)10(11)12/h7-9H,3-6H2,1-2H3,(H,11,12). The van der Waals surface area contributed by atoms with E-state index in [-0.39, 0.29) is 18.3 Å². The highest BCUT2D eigenvalue weighted by Crippen LogP contribution is 2.31. The van der Waals surface area contributed by atoms with Gasteiger partial charge in [-0.2, -0.15) is 0 Å². The average molecular weight is 250 g/mol. The topological polar surface area (TPSA) is 80.7 Å². The van der Waals surface area contributed by atoms with E-state index in [0.29, 0.717) is 12.8 Å². The van der Waals surface area contributed by atoms with Crippen LogP contribution in [0.3, 0.4) is 0 Å². The SMILES string of the molecule is CCS(=O)(=O)C1CCC(OC)C(C(=O)O)C1. The summed E-state index contributed by atoms with van der Waals surface area (Å²) in [5.74, 6) is -1.60. The molecule has 1 aliphatic carbocycles. The third kappa shape index (κ3) is 2.74. The van der Waals surface area contributed by atoms with E-state index in [1.54, 1.807) is 6.92 Å². The third-order valence-electron chi connectivity index (χ3n) is 3.27. The molecule has 1 saturated carbocycles. The number of ether oxygens (including phenoxy) is 1. The van der Waals surface area contributed by atoms with Crippen LogP contribution in [-0.4, -0.2) is 43.7 Å². The number of aliphatic carboxylic acids is 1. The summed E-state index contributed by atoms with van der Waals surface area (Å²) in [4.78, 5) is 11.0. The van der Waals surface area contributed by atoms with Gasteiger partial charge in [-0.1, -0.05) is 6.92 Å². The average Bonchev–Trinajstić information content (AvgIpc) is 2.28. The fraction of sp³-hybridized carbons (Fsp3) is 0.900. The Hall–Kier alpha value is -0.620. The second kappa shape index (κ2) is 5.14. The maximum Gasteiger partial charge on any atom is 0.309 e. The van der Waals surface area contributed by atoms with Crippen molar-refractivity contribution >= 4 is 15.8 Å². The van der Waals surface area contributed by atoms with Crippen LogP contribution in [0.15, 0.2) is 0 Å². The molecule has 0 amide bonds. The minimum absolute atomic E-state index is 0.0711. The van der Waals surface area contributed by atoms with Crippen molar-refractivity contribution in [2.75, 3.05) is 12.9 Å². The summed E-state index contributed by atoms with van der Waals surface area (Å²) in [5.41, 5.74) is 0. The predicted molar refractivity (Wildman–Crippen MR) is 59.0 cm³/mol. The van der Waals surface area contributed by atoms with E-state index in [9.17, 15) is 13.2 Å². The molecule has 5 nitrogen and oxygen atoms in total. The highest BCUT2D eigenvalue weighted by atomic mass is 32.2. The summed E-state index contributed by atoms with van der Waals surface area (Å²) in [6.07, 6.45) is 0.806. The van der Waals surface area contributed by atoms with Gasteiger partial charge >= 0.3 is 5.97 Å². The van der Waals surface area contributed by atoms with Crippen LogP contribution < -0.4 is 0 Å². The molecule has 0 aromatic rings. The lowest BCUT2D eigenvalue weighted by molar-refractivity contribution is -0.148. The zero-order chi connectivity index (χ0) is 12.3. The fourth-order valence-corrected chi connectivity index (χ4v) is 3.68. The van der Waals surface area contributed by atoms with Gasteiger partial charge in [-0.05, 0) is 19.3 Å². The maximum absolute atomic E-state index is 11.7. The third-order valence-corrected chi connectivity index (χ3v) is 5.52. The first-order chi connectivity index (χ1) is 7.42. The van der Waals surface area contributed by atoms with E-state index in [0.717, 1.165) is 0 Å². The molecule has 0 bridgehead atoms. The van der Waals surface area contributed by atoms with Crippen molar-refractivity contribution in [3.63, 3.8) is 0 Å². The molecule has 0 aromatic carbocycles. The van der Waals surface area contributed by atoms with Gasteiger partial charge < -0.3 is 9.84 Å². The number of carboxylic acids is 1. The van der Waals surface area contributed by atoms with Crippen LogP contribution >= 0.6 is 0 Å².